The summed E-state index contributed by atoms with van der Waals surface area (Å²) >= 11 is 12.8. The van der Waals surface area contributed by atoms with Crippen LogP contribution in [0.4, 0.5) is 4.79 Å². The van der Waals surface area contributed by atoms with Crippen LogP contribution in [-0.4, -0.2) is 36.7 Å². The van der Waals surface area contributed by atoms with Crippen molar-refractivity contribution in [2.24, 2.45) is 5.92 Å². The number of benzene rings is 2. The lowest BCUT2D eigenvalue weighted by Crippen LogP contribution is -2.44. The summed E-state index contributed by atoms with van der Waals surface area (Å²) in [4.78, 5) is 27.0. The van der Waals surface area contributed by atoms with E-state index in [1.807, 2.05) is 30.3 Å². The van der Waals surface area contributed by atoms with E-state index in [9.17, 15) is 9.59 Å². The summed E-state index contributed by atoms with van der Waals surface area (Å²) in [6.07, 6.45) is 2.21. The lowest BCUT2D eigenvalue weighted by molar-refractivity contribution is -0.133. The first-order valence-electron chi connectivity index (χ1n) is 9.61. The van der Waals surface area contributed by atoms with Gasteiger partial charge in [0, 0.05) is 16.0 Å². The van der Waals surface area contributed by atoms with E-state index >= 15 is 0 Å². The van der Waals surface area contributed by atoms with Crippen LogP contribution in [0.2, 0.25) is 10.0 Å². The number of nitrogens with zero attached hydrogens (tertiary/aromatic N) is 1. The molecule has 7 heteroatoms. The largest absolute Gasteiger partial charge is 0.497 e. The zero-order valence-corrected chi connectivity index (χ0v) is 18.2. The Labute approximate surface area is 186 Å². The van der Waals surface area contributed by atoms with Gasteiger partial charge in [-0.25, -0.2) is 9.69 Å². The molecule has 0 aliphatic carbocycles. The first-order chi connectivity index (χ1) is 14.4. The van der Waals surface area contributed by atoms with E-state index in [2.05, 4.69) is 6.58 Å². The highest BCUT2D eigenvalue weighted by molar-refractivity contribution is 6.36. The second-order valence-electron chi connectivity index (χ2n) is 7.12. The highest BCUT2D eigenvalue weighted by Crippen LogP contribution is 2.33. The van der Waals surface area contributed by atoms with Crippen LogP contribution in [0.3, 0.4) is 0 Å². The fraction of sp³-hybridized carbons (Fsp3) is 0.304. The molecular weight excluding hydrogens is 425 g/mol. The van der Waals surface area contributed by atoms with Crippen LogP contribution in [0.15, 0.2) is 55.1 Å². The second-order valence-corrected chi connectivity index (χ2v) is 7.94. The minimum Gasteiger partial charge on any atom is -0.497 e. The normalized spacial score (nSPS) is 16.8. The van der Waals surface area contributed by atoms with Crippen molar-refractivity contribution in [3.8, 4) is 5.75 Å². The molecular formula is C23H23Cl2NO4. The van der Waals surface area contributed by atoms with Crippen LogP contribution in [0.5, 0.6) is 5.75 Å². The van der Waals surface area contributed by atoms with Crippen LogP contribution in [0.1, 0.15) is 17.5 Å². The molecule has 0 saturated carbocycles. The molecule has 30 heavy (non-hydrogen) atoms. The molecule has 0 radical (unpaired) electrons. The number of amides is 2. The maximum Gasteiger partial charge on any atom is 0.416 e. The topological polar surface area (TPSA) is 55.8 Å². The van der Waals surface area contributed by atoms with Crippen LogP contribution >= 0.6 is 23.2 Å². The summed E-state index contributed by atoms with van der Waals surface area (Å²) in [5.41, 5.74) is 1.66. The van der Waals surface area contributed by atoms with E-state index in [4.69, 9.17) is 32.7 Å². The molecule has 1 aliphatic rings. The van der Waals surface area contributed by atoms with Crippen molar-refractivity contribution in [3.05, 3.63) is 76.3 Å². The Hall–Kier alpha value is -2.50. The molecule has 1 unspecified atom stereocenters. The standard InChI is InChI=1S/C23H23Cl2NO4/c1-3-7-16(11-19-20(24)12-18(29-2)13-21(19)25)22(27)26-17(14-30-23(26)28)10-15-8-5-4-6-9-15/h3-6,8-9,12-13,16-17H,1,7,10-11,14H2,2H3/t16?,17-/m1/s1. The number of ether oxygens (including phenoxy) is 2. The van der Waals surface area contributed by atoms with Gasteiger partial charge < -0.3 is 9.47 Å². The van der Waals surface area contributed by atoms with Gasteiger partial charge in [-0.3, -0.25) is 4.79 Å². The molecule has 5 nitrogen and oxygen atoms in total. The highest BCUT2D eigenvalue weighted by atomic mass is 35.5. The van der Waals surface area contributed by atoms with Gasteiger partial charge in [-0.15, -0.1) is 6.58 Å². The van der Waals surface area contributed by atoms with Crippen molar-refractivity contribution in [2.75, 3.05) is 13.7 Å². The van der Waals surface area contributed by atoms with Gasteiger partial charge in [-0.05, 0) is 42.5 Å². The summed E-state index contributed by atoms with van der Waals surface area (Å²) in [7, 11) is 1.53. The van der Waals surface area contributed by atoms with E-state index < -0.39 is 12.0 Å². The molecule has 1 aliphatic heterocycles. The first-order valence-corrected chi connectivity index (χ1v) is 10.4. The lowest BCUT2D eigenvalue weighted by Gasteiger charge is -2.25. The number of hydrogen-bond acceptors (Lipinski definition) is 4. The summed E-state index contributed by atoms with van der Waals surface area (Å²) in [6, 6.07) is 12.6. The molecule has 1 heterocycles. The zero-order valence-electron chi connectivity index (χ0n) is 16.6. The third-order valence-electron chi connectivity index (χ3n) is 5.11. The summed E-state index contributed by atoms with van der Waals surface area (Å²) in [5.74, 6) is -0.331. The molecule has 2 aromatic rings. The quantitative estimate of drug-likeness (QED) is 0.513. The van der Waals surface area contributed by atoms with Gasteiger partial charge in [-0.2, -0.15) is 0 Å². The molecule has 158 valence electrons. The van der Waals surface area contributed by atoms with Gasteiger partial charge in [-0.1, -0.05) is 59.6 Å². The SMILES string of the molecule is C=CCC(Cc1c(Cl)cc(OC)cc1Cl)C(=O)N1C(=O)OC[C@H]1Cc1ccccc1. The van der Waals surface area contributed by atoms with Crippen molar-refractivity contribution in [3.63, 3.8) is 0 Å². The van der Waals surface area contributed by atoms with E-state index in [1.54, 1.807) is 18.2 Å². The van der Waals surface area contributed by atoms with Gasteiger partial charge in [0.15, 0.2) is 0 Å². The van der Waals surface area contributed by atoms with E-state index in [0.717, 1.165) is 5.56 Å². The molecule has 1 saturated heterocycles. The smallest absolute Gasteiger partial charge is 0.416 e. The van der Waals surface area contributed by atoms with Crippen molar-refractivity contribution in [1.29, 1.82) is 0 Å². The van der Waals surface area contributed by atoms with Crippen LogP contribution in [0.25, 0.3) is 0 Å². The Morgan fingerprint density at radius 1 is 1.30 bits per heavy atom. The van der Waals surface area contributed by atoms with E-state index in [-0.39, 0.29) is 25.0 Å². The molecule has 2 atom stereocenters. The van der Waals surface area contributed by atoms with Crippen molar-refractivity contribution in [2.45, 2.75) is 25.3 Å². The maximum absolute atomic E-state index is 13.4. The molecule has 1 fully saturated rings. The van der Waals surface area contributed by atoms with E-state index in [1.165, 1.54) is 12.0 Å². The number of cyclic esters (lactones) is 1. The average Bonchev–Trinajstić information content (AvgIpc) is 3.09. The van der Waals surface area contributed by atoms with Crippen LogP contribution < -0.4 is 4.74 Å². The lowest BCUT2D eigenvalue weighted by atomic mass is 9.93. The number of methoxy groups -OCH3 is 1. The molecule has 0 bridgehead atoms. The Morgan fingerprint density at radius 2 is 1.97 bits per heavy atom. The predicted molar refractivity (Wildman–Crippen MR) is 117 cm³/mol. The highest BCUT2D eigenvalue weighted by Gasteiger charge is 2.40. The van der Waals surface area contributed by atoms with Crippen LogP contribution in [-0.2, 0) is 22.4 Å². The van der Waals surface area contributed by atoms with E-state index in [0.29, 0.717) is 34.2 Å². The third kappa shape index (κ3) is 4.97. The van der Waals surface area contributed by atoms with Crippen molar-refractivity contribution in [1.82, 2.24) is 4.90 Å². The minimum atomic E-state index is -0.623. The zero-order chi connectivity index (χ0) is 21.7. The molecule has 0 N–H and O–H groups in total. The number of imide groups is 1. The number of carbonyl (C=O) groups is 2. The first kappa shape index (κ1) is 22.2. The molecule has 0 spiro atoms. The maximum atomic E-state index is 13.4. The summed E-state index contributed by atoms with van der Waals surface area (Å²) in [6.45, 7) is 3.93. The second kappa shape index (κ2) is 10.0. The van der Waals surface area contributed by atoms with Gasteiger partial charge >= 0.3 is 6.09 Å². The Kier molecular flexibility index (Phi) is 7.40. The number of carbonyl (C=O) groups excluding carboxylic acids is 2. The fourth-order valence-electron chi connectivity index (χ4n) is 3.58. The summed E-state index contributed by atoms with van der Waals surface area (Å²) in [5, 5.41) is 0.817. The number of halogens is 2. The fourth-order valence-corrected chi connectivity index (χ4v) is 4.20. The van der Waals surface area contributed by atoms with Gasteiger partial charge in [0.25, 0.3) is 0 Å². The van der Waals surface area contributed by atoms with Crippen molar-refractivity contribution >= 4 is 35.2 Å². The van der Waals surface area contributed by atoms with Crippen molar-refractivity contribution < 1.29 is 19.1 Å². The monoisotopic (exact) mass is 447 g/mol. The molecule has 2 amide bonds. The minimum absolute atomic E-state index is 0.171. The number of hydrogen-bond donors (Lipinski definition) is 0. The van der Waals surface area contributed by atoms with Gasteiger partial charge in [0.1, 0.15) is 12.4 Å². The Bertz CT molecular complexity index is 909. The summed E-state index contributed by atoms with van der Waals surface area (Å²) < 4.78 is 10.4. The Balaban J connectivity index is 1.83. The Morgan fingerprint density at radius 3 is 2.57 bits per heavy atom. The van der Waals surface area contributed by atoms with Gasteiger partial charge in [0.2, 0.25) is 5.91 Å². The third-order valence-corrected chi connectivity index (χ3v) is 5.79. The van der Waals surface area contributed by atoms with Gasteiger partial charge in [0.05, 0.1) is 13.2 Å². The molecule has 2 aromatic carbocycles. The number of allylic oxidation sites excluding steroid dienone is 1. The van der Waals surface area contributed by atoms with Crippen LogP contribution in [0, 0.1) is 5.92 Å². The molecule has 0 aromatic heterocycles. The molecule has 3 rings (SSSR count). The average molecular weight is 448 g/mol. The predicted octanol–water partition coefficient (Wildman–Crippen LogP) is 5.33. The number of rotatable bonds is 8.